The molecule has 3 nitrogen and oxygen atoms in total. The van der Waals surface area contributed by atoms with Crippen LogP contribution in [0.1, 0.15) is 52.4 Å². The average Bonchev–Trinajstić information content (AvgIpc) is 2.62. The zero-order valence-corrected chi connectivity index (χ0v) is 15.3. The van der Waals surface area contributed by atoms with Crippen LogP contribution in [0.15, 0.2) is 30.3 Å². The second-order valence-electron chi connectivity index (χ2n) is 6.07. The second kappa shape index (κ2) is 10.1. The summed E-state index contributed by atoms with van der Waals surface area (Å²) in [6.07, 6.45) is 6.80. The van der Waals surface area contributed by atoms with E-state index in [1.165, 1.54) is 25.7 Å². The molecule has 0 heterocycles. The highest BCUT2D eigenvalue weighted by molar-refractivity contribution is 5.93. The summed E-state index contributed by atoms with van der Waals surface area (Å²) in [7, 11) is 1.68. The van der Waals surface area contributed by atoms with Crippen LogP contribution in [0, 0.1) is 0 Å². The lowest BCUT2D eigenvalue weighted by atomic mass is 10.1. The molecule has 0 bridgehead atoms. The van der Waals surface area contributed by atoms with E-state index >= 15 is 0 Å². The SMILES string of the molecule is CCCCCOc1c(OC)cc2ccccc2c1OCCCCC. The van der Waals surface area contributed by atoms with E-state index in [9.17, 15) is 0 Å². The number of unbranched alkanes of at least 4 members (excludes halogenated alkanes) is 4. The van der Waals surface area contributed by atoms with Gasteiger partial charge in [0.05, 0.1) is 20.3 Å². The van der Waals surface area contributed by atoms with Crippen molar-refractivity contribution in [3.63, 3.8) is 0 Å². The van der Waals surface area contributed by atoms with Gasteiger partial charge in [0.25, 0.3) is 0 Å². The Morgan fingerprint density at radius 1 is 0.792 bits per heavy atom. The first-order valence-corrected chi connectivity index (χ1v) is 9.17. The van der Waals surface area contributed by atoms with Crippen LogP contribution in [0.5, 0.6) is 17.2 Å². The van der Waals surface area contributed by atoms with Crippen molar-refractivity contribution in [1.82, 2.24) is 0 Å². The third-order valence-corrected chi connectivity index (χ3v) is 4.13. The Morgan fingerprint density at radius 2 is 1.42 bits per heavy atom. The Morgan fingerprint density at radius 3 is 2.04 bits per heavy atom. The van der Waals surface area contributed by atoms with Gasteiger partial charge in [0.1, 0.15) is 0 Å². The number of methoxy groups -OCH3 is 1. The van der Waals surface area contributed by atoms with Crippen molar-refractivity contribution in [3.05, 3.63) is 30.3 Å². The first kappa shape index (κ1) is 18.4. The van der Waals surface area contributed by atoms with Gasteiger partial charge in [0, 0.05) is 5.39 Å². The van der Waals surface area contributed by atoms with Gasteiger partial charge in [0.15, 0.2) is 11.5 Å². The van der Waals surface area contributed by atoms with E-state index in [1.807, 2.05) is 18.2 Å². The topological polar surface area (TPSA) is 27.7 Å². The Balaban J connectivity index is 2.30. The maximum atomic E-state index is 6.15. The molecule has 3 heteroatoms. The first-order valence-electron chi connectivity index (χ1n) is 9.17. The van der Waals surface area contributed by atoms with Crippen LogP contribution in [0.25, 0.3) is 10.8 Å². The van der Waals surface area contributed by atoms with Gasteiger partial charge in [0.2, 0.25) is 5.75 Å². The molecule has 0 aliphatic rings. The highest BCUT2D eigenvalue weighted by Gasteiger charge is 2.17. The van der Waals surface area contributed by atoms with Crippen LogP contribution >= 0.6 is 0 Å². The number of hydrogen-bond donors (Lipinski definition) is 0. The van der Waals surface area contributed by atoms with Crippen molar-refractivity contribution < 1.29 is 14.2 Å². The van der Waals surface area contributed by atoms with E-state index in [2.05, 4.69) is 26.0 Å². The molecule has 0 saturated carbocycles. The maximum absolute atomic E-state index is 6.15. The standard InChI is InChI=1S/C21H30O3/c1-4-6-10-14-23-20-18-13-9-8-12-17(18)16-19(22-3)21(20)24-15-11-7-5-2/h8-9,12-13,16H,4-7,10-11,14-15H2,1-3H3. The number of hydrogen-bond acceptors (Lipinski definition) is 3. The van der Waals surface area contributed by atoms with E-state index in [4.69, 9.17) is 14.2 Å². The van der Waals surface area contributed by atoms with Crippen LogP contribution in [0.2, 0.25) is 0 Å². The van der Waals surface area contributed by atoms with E-state index < -0.39 is 0 Å². The summed E-state index contributed by atoms with van der Waals surface area (Å²) in [5.74, 6) is 2.30. The van der Waals surface area contributed by atoms with E-state index in [0.29, 0.717) is 13.2 Å². The minimum atomic E-state index is 0.688. The molecule has 0 radical (unpaired) electrons. The largest absolute Gasteiger partial charge is 0.493 e. The Kier molecular flexibility index (Phi) is 7.73. The third-order valence-electron chi connectivity index (χ3n) is 4.13. The highest BCUT2D eigenvalue weighted by Crippen LogP contribution is 2.43. The molecule has 0 fully saturated rings. The fraction of sp³-hybridized carbons (Fsp3) is 0.524. The van der Waals surface area contributed by atoms with Crippen LogP contribution < -0.4 is 14.2 Å². The molecule has 24 heavy (non-hydrogen) atoms. The van der Waals surface area contributed by atoms with E-state index in [1.54, 1.807) is 7.11 Å². The molecule has 0 aliphatic heterocycles. The van der Waals surface area contributed by atoms with Crippen LogP contribution in [0.4, 0.5) is 0 Å². The molecule has 0 amide bonds. The van der Waals surface area contributed by atoms with Crippen molar-refractivity contribution in [3.8, 4) is 17.2 Å². The zero-order valence-electron chi connectivity index (χ0n) is 15.3. The number of fused-ring (bicyclic) bond motifs is 1. The van der Waals surface area contributed by atoms with Crippen molar-refractivity contribution in [2.24, 2.45) is 0 Å². The summed E-state index contributed by atoms with van der Waals surface area (Å²) in [6.45, 7) is 5.78. The third kappa shape index (κ3) is 4.80. The molecule has 0 atom stereocenters. The lowest BCUT2D eigenvalue weighted by molar-refractivity contribution is 0.250. The Bertz CT molecular complexity index is 622. The maximum Gasteiger partial charge on any atom is 0.204 e. The molecule has 0 spiro atoms. The van der Waals surface area contributed by atoms with Gasteiger partial charge in [-0.15, -0.1) is 0 Å². The molecular weight excluding hydrogens is 300 g/mol. The number of ether oxygens (including phenoxy) is 3. The predicted octanol–water partition coefficient (Wildman–Crippen LogP) is 5.99. The van der Waals surface area contributed by atoms with Gasteiger partial charge in [-0.3, -0.25) is 0 Å². The lowest BCUT2D eigenvalue weighted by Gasteiger charge is -2.18. The number of benzene rings is 2. The van der Waals surface area contributed by atoms with Gasteiger partial charge in [-0.25, -0.2) is 0 Å². The van der Waals surface area contributed by atoms with Gasteiger partial charge < -0.3 is 14.2 Å². The Hall–Kier alpha value is -1.90. The number of rotatable bonds is 11. The molecule has 2 aromatic carbocycles. The van der Waals surface area contributed by atoms with Gasteiger partial charge in [-0.2, -0.15) is 0 Å². The monoisotopic (exact) mass is 330 g/mol. The van der Waals surface area contributed by atoms with Gasteiger partial charge in [-0.05, 0) is 24.3 Å². The molecular formula is C21H30O3. The van der Waals surface area contributed by atoms with Crippen LogP contribution in [-0.4, -0.2) is 20.3 Å². The van der Waals surface area contributed by atoms with Crippen molar-refractivity contribution in [2.75, 3.05) is 20.3 Å². The molecule has 0 unspecified atom stereocenters. The summed E-state index contributed by atoms with van der Waals surface area (Å²) < 4.78 is 17.8. The lowest BCUT2D eigenvalue weighted by Crippen LogP contribution is -2.05. The normalized spacial score (nSPS) is 10.8. The molecule has 2 aromatic rings. The van der Waals surface area contributed by atoms with Crippen molar-refractivity contribution in [1.29, 1.82) is 0 Å². The zero-order chi connectivity index (χ0) is 17.2. The minimum Gasteiger partial charge on any atom is -0.493 e. The van der Waals surface area contributed by atoms with Crippen LogP contribution in [0.3, 0.4) is 0 Å². The van der Waals surface area contributed by atoms with Gasteiger partial charge in [-0.1, -0.05) is 63.8 Å². The quantitative estimate of drug-likeness (QED) is 0.474. The molecule has 0 N–H and O–H groups in total. The summed E-state index contributed by atoms with van der Waals surface area (Å²) in [6, 6.07) is 10.3. The first-order chi connectivity index (χ1) is 11.8. The summed E-state index contributed by atoms with van der Waals surface area (Å²) >= 11 is 0. The molecule has 0 aliphatic carbocycles. The predicted molar refractivity (Wildman–Crippen MR) is 101 cm³/mol. The highest BCUT2D eigenvalue weighted by atomic mass is 16.5. The minimum absolute atomic E-state index is 0.688. The average molecular weight is 330 g/mol. The van der Waals surface area contributed by atoms with Crippen LogP contribution in [-0.2, 0) is 0 Å². The summed E-state index contributed by atoms with van der Waals surface area (Å²) in [5.41, 5.74) is 0. The van der Waals surface area contributed by atoms with Gasteiger partial charge >= 0.3 is 0 Å². The van der Waals surface area contributed by atoms with Crippen molar-refractivity contribution >= 4 is 10.8 Å². The summed E-state index contributed by atoms with van der Waals surface area (Å²) in [5, 5.41) is 2.20. The second-order valence-corrected chi connectivity index (χ2v) is 6.07. The van der Waals surface area contributed by atoms with E-state index in [-0.39, 0.29) is 0 Å². The molecule has 2 rings (SSSR count). The fourth-order valence-electron chi connectivity index (χ4n) is 2.75. The fourth-order valence-corrected chi connectivity index (χ4v) is 2.75. The van der Waals surface area contributed by atoms with Crippen molar-refractivity contribution in [2.45, 2.75) is 52.4 Å². The molecule has 132 valence electrons. The molecule has 0 saturated heterocycles. The van der Waals surface area contributed by atoms with E-state index in [0.717, 1.165) is 40.9 Å². The Labute approximate surface area is 145 Å². The molecule has 0 aromatic heterocycles. The summed E-state index contributed by atoms with van der Waals surface area (Å²) in [4.78, 5) is 0. The smallest absolute Gasteiger partial charge is 0.204 e.